The molecule has 5 nitrogen and oxygen atoms in total. The van der Waals surface area contributed by atoms with Crippen molar-refractivity contribution in [3.8, 4) is 0 Å². The zero-order chi connectivity index (χ0) is 12.7. The lowest BCUT2D eigenvalue weighted by Gasteiger charge is -2.10. The molecule has 0 radical (unpaired) electrons. The Morgan fingerprint density at radius 2 is 2.18 bits per heavy atom. The number of pyridine rings is 1. The Balaban J connectivity index is 0.000000437. The monoisotopic (exact) mass is 236 g/mol. The highest BCUT2D eigenvalue weighted by Gasteiger charge is 2.24. The number of hydrogen-bond donors (Lipinski definition) is 0. The summed E-state index contributed by atoms with van der Waals surface area (Å²) in [5, 5.41) is 0. The standard InChI is InChI=1S/C9H8N2O3.C3H8/c12-6-7-2-1-3-8(10-7)11-4-5-14-9(11)13;1-3-2/h1-3,6H,4-5H2;3H2,1-2H3. The lowest BCUT2D eigenvalue weighted by atomic mass is 10.3. The number of carbonyl (C=O) groups is 2. The first-order chi connectivity index (χ1) is 8.22. The second-order valence-electron chi connectivity index (χ2n) is 3.51. The van der Waals surface area contributed by atoms with Gasteiger partial charge in [0.2, 0.25) is 0 Å². The molecule has 1 aromatic heterocycles. The van der Waals surface area contributed by atoms with Gasteiger partial charge >= 0.3 is 6.09 Å². The topological polar surface area (TPSA) is 59.5 Å². The van der Waals surface area contributed by atoms with Crippen molar-refractivity contribution in [1.29, 1.82) is 0 Å². The third kappa shape index (κ3) is 3.55. The summed E-state index contributed by atoms with van der Waals surface area (Å²) in [5.74, 6) is 0.456. The molecule has 1 aliphatic rings. The summed E-state index contributed by atoms with van der Waals surface area (Å²) in [6.07, 6.45) is 1.48. The largest absolute Gasteiger partial charge is 0.447 e. The molecule has 2 heterocycles. The maximum atomic E-state index is 11.1. The van der Waals surface area contributed by atoms with Crippen LogP contribution in [0.2, 0.25) is 0 Å². The molecule has 1 fully saturated rings. The normalized spacial score (nSPS) is 13.8. The van der Waals surface area contributed by atoms with Gasteiger partial charge in [-0.1, -0.05) is 26.3 Å². The van der Waals surface area contributed by atoms with E-state index in [4.69, 9.17) is 4.74 Å². The summed E-state index contributed by atoms with van der Waals surface area (Å²) < 4.78 is 4.75. The van der Waals surface area contributed by atoms with Gasteiger partial charge in [-0.05, 0) is 12.1 Å². The van der Waals surface area contributed by atoms with Crippen molar-refractivity contribution in [2.45, 2.75) is 20.3 Å². The molecule has 1 aromatic rings. The Bertz CT molecular complexity index is 393. The van der Waals surface area contributed by atoms with Crippen LogP contribution in [0.1, 0.15) is 30.8 Å². The molecule has 0 atom stereocenters. The lowest BCUT2D eigenvalue weighted by molar-refractivity contribution is 0.111. The zero-order valence-electron chi connectivity index (χ0n) is 10.0. The van der Waals surface area contributed by atoms with Crippen LogP contribution in [-0.2, 0) is 4.74 Å². The minimum absolute atomic E-state index is 0.308. The highest BCUT2D eigenvalue weighted by Crippen LogP contribution is 2.15. The Hall–Kier alpha value is -1.91. The molecule has 0 bridgehead atoms. The summed E-state index contributed by atoms with van der Waals surface area (Å²) >= 11 is 0. The van der Waals surface area contributed by atoms with Crippen LogP contribution >= 0.6 is 0 Å². The molecule has 1 aliphatic heterocycles. The summed E-state index contributed by atoms with van der Waals surface area (Å²) in [5.41, 5.74) is 0.308. The van der Waals surface area contributed by atoms with Gasteiger partial charge in [0.1, 0.15) is 18.1 Å². The van der Waals surface area contributed by atoms with Crippen molar-refractivity contribution in [2.75, 3.05) is 18.1 Å². The molecule has 2 rings (SSSR count). The van der Waals surface area contributed by atoms with E-state index in [1.165, 1.54) is 11.3 Å². The molecule has 0 aromatic carbocycles. The smallest absolute Gasteiger partial charge is 0.415 e. The number of hydrogen-bond acceptors (Lipinski definition) is 4. The molecular formula is C12H16N2O3. The molecule has 92 valence electrons. The van der Waals surface area contributed by atoms with E-state index in [-0.39, 0.29) is 0 Å². The van der Waals surface area contributed by atoms with E-state index in [2.05, 4.69) is 18.8 Å². The van der Waals surface area contributed by atoms with Gasteiger partial charge in [-0.15, -0.1) is 0 Å². The number of amides is 1. The van der Waals surface area contributed by atoms with Gasteiger partial charge < -0.3 is 4.74 Å². The fourth-order valence-electron chi connectivity index (χ4n) is 1.26. The molecule has 17 heavy (non-hydrogen) atoms. The van der Waals surface area contributed by atoms with E-state index < -0.39 is 6.09 Å². The number of aldehydes is 1. The average Bonchev–Trinajstić information content (AvgIpc) is 2.77. The van der Waals surface area contributed by atoms with Gasteiger partial charge in [0, 0.05) is 0 Å². The van der Waals surface area contributed by atoms with Gasteiger partial charge in [-0.2, -0.15) is 0 Å². The zero-order valence-corrected chi connectivity index (χ0v) is 10.0. The van der Waals surface area contributed by atoms with Crippen LogP contribution in [0.3, 0.4) is 0 Å². The van der Waals surface area contributed by atoms with Crippen molar-refractivity contribution >= 4 is 18.2 Å². The number of nitrogens with zero attached hydrogens (tertiary/aromatic N) is 2. The van der Waals surface area contributed by atoms with Crippen LogP contribution in [0.25, 0.3) is 0 Å². The van der Waals surface area contributed by atoms with E-state index in [1.54, 1.807) is 18.2 Å². The number of anilines is 1. The summed E-state index contributed by atoms with van der Waals surface area (Å²) in [6, 6.07) is 4.93. The first-order valence-corrected chi connectivity index (χ1v) is 5.59. The SMILES string of the molecule is CCC.O=Cc1cccc(N2CCOC2=O)n1. The first-order valence-electron chi connectivity index (χ1n) is 5.59. The highest BCUT2D eigenvalue weighted by molar-refractivity contribution is 5.88. The quantitative estimate of drug-likeness (QED) is 0.739. The number of rotatable bonds is 2. The van der Waals surface area contributed by atoms with Crippen LogP contribution in [0.4, 0.5) is 10.6 Å². The molecular weight excluding hydrogens is 220 g/mol. The van der Waals surface area contributed by atoms with E-state index in [0.717, 1.165) is 0 Å². The van der Waals surface area contributed by atoms with Crippen molar-refractivity contribution in [1.82, 2.24) is 4.98 Å². The number of aromatic nitrogens is 1. The first kappa shape index (κ1) is 13.2. The average molecular weight is 236 g/mol. The van der Waals surface area contributed by atoms with Crippen LogP contribution in [0.5, 0.6) is 0 Å². The second-order valence-corrected chi connectivity index (χ2v) is 3.51. The third-order valence-corrected chi connectivity index (χ3v) is 1.91. The summed E-state index contributed by atoms with van der Waals surface area (Å²) in [7, 11) is 0. The van der Waals surface area contributed by atoms with Gasteiger partial charge in [-0.3, -0.25) is 9.69 Å². The Morgan fingerprint density at radius 3 is 2.71 bits per heavy atom. The minimum Gasteiger partial charge on any atom is -0.447 e. The number of carbonyl (C=O) groups excluding carboxylic acids is 2. The van der Waals surface area contributed by atoms with Crippen LogP contribution < -0.4 is 4.90 Å². The Labute approximate surface area is 100 Å². The van der Waals surface area contributed by atoms with Crippen LogP contribution in [0, 0.1) is 0 Å². The molecule has 1 saturated heterocycles. The van der Waals surface area contributed by atoms with Crippen molar-refractivity contribution < 1.29 is 14.3 Å². The molecule has 0 N–H and O–H groups in total. The van der Waals surface area contributed by atoms with E-state index >= 15 is 0 Å². The van der Waals surface area contributed by atoms with Gasteiger partial charge in [0.25, 0.3) is 0 Å². The van der Waals surface area contributed by atoms with Crippen LogP contribution in [0.15, 0.2) is 18.2 Å². The third-order valence-electron chi connectivity index (χ3n) is 1.91. The second kappa shape index (κ2) is 6.62. The number of ether oxygens (including phenoxy) is 1. The van der Waals surface area contributed by atoms with Gasteiger partial charge in [0.05, 0.1) is 6.54 Å². The van der Waals surface area contributed by atoms with E-state index in [1.807, 2.05) is 0 Å². The maximum Gasteiger partial charge on any atom is 0.415 e. The molecule has 1 amide bonds. The summed E-state index contributed by atoms with van der Waals surface area (Å²) in [4.78, 5) is 27.0. The lowest BCUT2D eigenvalue weighted by Crippen LogP contribution is -2.24. The molecule has 0 unspecified atom stereocenters. The molecule has 0 spiro atoms. The maximum absolute atomic E-state index is 11.1. The predicted molar refractivity (Wildman–Crippen MR) is 64.3 cm³/mol. The molecule has 0 saturated carbocycles. The fourth-order valence-corrected chi connectivity index (χ4v) is 1.26. The Morgan fingerprint density at radius 1 is 1.47 bits per heavy atom. The predicted octanol–water partition coefficient (Wildman–Crippen LogP) is 2.27. The molecule has 5 heteroatoms. The summed E-state index contributed by atoms with van der Waals surface area (Å²) in [6.45, 7) is 5.10. The molecule has 0 aliphatic carbocycles. The fraction of sp³-hybridized carbons (Fsp3) is 0.417. The van der Waals surface area contributed by atoms with Gasteiger partial charge in [-0.25, -0.2) is 9.78 Å². The van der Waals surface area contributed by atoms with Crippen LogP contribution in [-0.4, -0.2) is 30.5 Å². The van der Waals surface area contributed by atoms with Gasteiger partial charge in [0.15, 0.2) is 6.29 Å². The number of cyclic esters (lactones) is 1. The van der Waals surface area contributed by atoms with E-state index in [0.29, 0.717) is 30.9 Å². The van der Waals surface area contributed by atoms with Crippen molar-refractivity contribution in [3.05, 3.63) is 23.9 Å². The highest BCUT2D eigenvalue weighted by atomic mass is 16.6. The van der Waals surface area contributed by atoms with Crippen molar-refractivity contribution in [2.24, 2.45) is 0 Å². The minimum atomic E-state index is -0.416. The Kier molecular flexibility index (Phi) is 5.13. The van der Waals surface area contributed by atoms with E-state index in [9.17, 15) is 9.59 Å². The van der Waals surface area contributed by atoms with Crippen molar-refractivity contribution in [3.63, 3.8) is 0 Å².